The summed E-state index contributed by atoms with van der Waals surface area (Å²) in [6.45, 7) is 5.39. The number of allylic oxidation sites excluding steroid dienone is 1. The van der Waals surface area contributed by atoms with E-state index in [0.29, 0.717) is 60.3 Å². The molecule has 0 spiro atoms. The van der Waals surface area contributed by atoms with Gasteiger partial charge in [0.25, 0.3) is 5.89 Å². The first-order chi connectivity index (χ1) is 17.5. The first-order valence-corrected chi connectivity index (χ1v) is 11.6. The van der Waals surface area contributed by atoms with Crippen LogP contribution in [0.3, 0.4) is 0 Å². The van der Waals surface area contributed by atoms with Gasteiger partial charge in [-0.15, -0.1) is 0 Å². The van der Waals surface area contributed by atoms with Crippen LogP contribution in [0.15, 0.2) is 52.7 Å². The van der Waals surface area contributed by atoms with Crippen molar-refractivity contribution in [2.24, 2.45) is 0 Å². The molecule has 0 fully saturated rings. The summed E-state index contributed by atoms with van der Waals surface area (Å²) in [7, 11) is 3.11. The third kappa shape index (κ3) is 5.18. The fraction of sp³-hybridized carbons (Fsp3) is 0.346. The Hall–Kier alpha value is -3.92. The summed E-state index contributed by atoms with van der Waals surface area (Å²) in [6.07, 6.45) is 0.664. The first kappa shape index (κ1) is 25.2. The molecular weight excluding hydrogens is 467 g/mol. The highest BCUT2D eigenvalue weighted by Gasteiger charge is 2.36. The van der Waals surface area contributed by atoms with Crippen LogP contribution in [0.4, 0.5) is 9.18 Å². The highest BCUT2D eigenvalue weighted by Crippen LogP contribution is 2.40. The second-order valence-electron chi connectivity index (χ2n) is 8.13. The molecule has 1 aliphatic rings. The number of ether oxygens (including phenoxy) is 3. The van der Waals surface area contributed by atoms with Gasteiger partial charge in [-0.1, -0.05) is 11.2 Å². The Balaban J connectivity index is 1.76. The van der Waals surface area contributed by atoms with Crippen molar-refractivity contribution in [3.05, 3.63) is 65.4 Å². The van der Waals surface area contributed by atoms with Crippen molar-refractivity contribution >= 4 is 11.6 Å². The Labute approximate surface area is 208 Å². The molecule has 2 aromatic carbocycles. The number of rotatable bonds is 10. The van der Waals surface area contributed by atoms with Gasteiger partial charge >= 0.3 is 6.03 Å². The van der Waals surface area contributed by atoms with Gasteiger partial charge in [0.05, 0.1) is 25.8 Å². The van der Waals surface area contributed by atoms with Crippen molar-refractivity contribution in [1.29, 1.82) is 0 Å². The fourth-order valence-electron chi connectivity index (χ4n) is 4.13. The van der Waals surface area contributed by atoms with E-state index in [0.717, 1.165) is 5.56 Å². The lowest BCUT2D eigenvalue weighted by Crippen LogP contribution is -2.46. The zero-order valence-electron chi connectivity index (χ0n) is 20.7. The summed E-state index contributed by atoms with van der Waals surface area (Å²) in [5.74, 6) is 1.31. The molecular formula is C26H29FN4O5. The molecule has 0 saturated carbocycles. The summed E-state index contributed by atoms with van der Waals surface area (Å²) in [6, 6.07) is 10.4. The largest absolute Gasteiger partial charge is 0.493 e. The average Bonchev–Trinajstić information content (AvgIpc) is 3.37. The van der Waals surface area contributed by atoms with E-state index in [-0.39, 0.29) is 17.7 Å². The van der Waals surface area contributed by atoms with E-state index in [1.54, 1.807) is 43.4 Å². The molecule has 1 aromatic heterocycles. The predicted molar refractivity (Wildman–Crippen MR) is 131 cm³/mol. The number of nitrogens with zero attached hydrogens (tertiary/aromatic N) is 3. The van der Waals surface area contributed by atoms with Gasteiger partial charge in [0.1, 0.15) is 5.82 Å². The molecule has 1 N–H and O–H groups in total. The third-order valence-corrected chi connectivity index (χ3v) is 5.97. The number of hydrogen-bond acceptors (Lipinski definition) is 7. The Morgan fingerprint density at radius 3 is 2.56 bits per heavy atom. The van der Waals surface area contributed by atoms with Gasteiger partial charge in [-0.2, -0.15) is 4.98 Å². The third-order valence-electron chi connectivity index (χ3n) is 5.97. The molecule has 0 saturated heterocycles. The first-order valence-electron chi connectivity index (χ1n) is 11.6. The molecule has 1 aliphatic heterocycles. The molecule has 3 aromatic rings. The van der Waals surface area contributed by atoms with E-state index in [1.165, 1.54) is 12.1 Å². The van der Waals surface area contributed by atoms with Crippen molar-refractivity contribution in [3.63, 3.8) is 0 Å². The number of urea groups is 1. The number of nitrogens with one attached hydrogen (secondary N) is 1. The maximum absolute atomic E-state index is 13.4. The lowest BCUT2D eigenvalue weighted by molar-refractivity contribution is 0.136. The van der Waals surface area contributed by atoms with Crippen molar-refractivity contribution in [1.82, 2.24) is 20.4 Å². The quantitative estimate of drug-likeness (QED) is 0.402. The van der Waals surface area contributed by atoms with E-state index >= 15 is 0 Å². The molecule has 1 unspecified atom stereocenters. The molecule has 4 rings (SSSR count). The fourth-order valence-corrected chi connectivity index (χ4v) is 4.13. The van der Waals surface area contributed by atoms with E-state index in [9.17, 15) is 9.18 Å². The second kappa shape index (κ2) is 11.2. The minimum Gasteiger partial charge on any atom is -0.493 e. The van der Waals surface area contributed by atoms with Crippen LogP contribution in [0.2, 0.25) is 0 Å². The molecule has 2 heterocycles. The van der Waals surface area contributed by atoms with E-state index in [2.05, 4.69) is 15.5 Å². The van der Waals surface area contributed by atoms with Gasteiger partial charge in [0, 0.05) is 31.0 Å². The van der Waals surface area contributed by atoms with Crippen LogP contribution < -0.4 is 14.8 Å². The van der Waals surface area contributed by atoms with Crippen LogP contribution in [-0.2, 0) is 4.74 Å². The molecule has 2 amide bonds. The maximum Gasteiger partial charge on any atom is 0.322 e. The minimum absolute atomic E-state index is 0.245. The molecule has 1 atom stereocenters. The van der Waals surface area contributed by atoms with Crippen molar-refractivity contribution < 1.29 is 27.9 Å². The Morgan fingerprint density at radius 2 is 1.86 bits per heavy atom. The van der Waals surface area contributed by atoms with Crippen LogP contribution >= 0.6 is 0 Å². The van der Waals surface area contributed by atoms with E-state index < -0.39 is 6.04 Å². The highest BCUT2D eigenvalue weighted by molar-refractivity contribution is 5.87. The number of halogens is 1. The second-order valence-corrected chi connectivity index (χ2v) is 8.13. The number of aromatic nitrogens is 2. The maximum atomic E-state index is 13.4. The lowest BCUT2D eigenvalue weighted by Gasteiger charge is -2.35. The zero-order valence-corrected chi connectivity index (χ0v) is 20.7. The van der Waals surface area contributed by atoms with Crippen molar-refractivity contribution in [2.45, 2.75) is 26.3 Å². The Bertz CT molecular complexity index is 1240. The van der Waals surface area contributed by atoms with Gasteiger partial charge in [0.15, 0.2) is 11.5 Å². The summed E-state index contributed by atoms with van der Waals surface area (Å²) in [4.78, 5) is 19.4. The van der Waals surface area contributed by atoms with Gasteiger partial charge in [-0.3, -0.25) is 4.90 Å². The van der Waals surface area contributed by atoms with Crippen molar-refractivity contribution in [3.8, 4) is 22.9 Å². The number of carbonyl (C=O) groups is 1. The van der Waals surface area contributed by atoms with Gasteiger partial charge in [-0.25, -0.2) is 9.18 Å². The molecule has 9 nitrogen and oxygen atoms in total. The zero-order chi connectivity index (χ0) is 25.7. The van der Waals surface area contributed by atoms with Crippen LogP contribution in [0.25, 0.3) is 17.0 Å². The Morgan fingerprint density at radius 1 is 1.11 bits per heavy atom. The number of benzene rings is 2. The van der Waals surface area contributed by atoms with Crippen LogP contribution in [0, 0.1) is 5.82 Å². The lowest BCUT2D eigenvalue weighted by atomic mass is 9.94. The van der Waals surface area contributed by atoms with Gasteiger partial charge in [-0.05, 0) is 62.2 Å². The van der Waals surface area contributed by atoms with Crippen LogP contribution in [0.1, 0.15) is 37.8 Å². The summed E-state index contributed by atoms with van der Waals surface area (Å²) in [5.41, 5.74) is 2.70. The number of amides is 2. The normalized spacial score (nSPS) is 15.8. The average molecular weight is 497 g/mol. The van der Waals surface area contributed by atoms with E-state index in [4.69, 9.17) is 18.7 Å². The molecule has 0 bridgehead atoms. The summed E-state index contributed by atoms with van der Waals surface area (Å²) >= 11 is 0. The smallest absolute Gasteiger partial charge is 0.322 e. The topological polar surface area (TPSA) is 99.0 Å². The number of carbonyl (C=O) groups excluding carboxylic acids is 1. The Kier molecular flexibility index (Phi) is 7.84. The molecule has 10 heteroatoms. The number of methoxy groups -OCH3 is 2. The van der Waals surface area contributed by atoms with Gasteiger partial charge in [0.2, 0.25) is 5.82 Å². The summed E-state index contributed by atoms with van der Waals surface area (Å²) < 4.78 is 35.3. The molecule has 0 radical (unpaired) electrons. The van der Waals surface area contributed by atoms with Crippen LogP contribution in [-0.4, -0.2) is 55.0 Å². The van der Waals surface area contributed by atoms with Crippen LogP contribution in [0.5, 0.6) is 11.5 Å². The SMILES string of the molecule is CCOCCCN1C(=O)NC(c2ccc(OC)c(OC)c2)C(c2nc(-c3ccc(F)cc3)no2)=C1C. The number of hydrogen-bond donors (Lipinski definition) is 1. The predicted octanol–water partition coefficient (Wildman–Crippen LogP) is 4.82. The highest BCUT2D eigenvalue weighted by atomic mass is 19.1. The summed E-state index contributed by atoms with van der Waals surface area (Å²) in [5, 5.41) is 7.17. The molecule has 0 aliphatic carbocycles. The standard InChI is InChI=1S/C26H29FN4O5/c1-5-35-14-6-13-31-16(2)22(25-29-24(30-36-25)17-7-10-19(27)11-8-17)23(28-26(31)32)18-9-12-20(33-3)21(15-18)34-4/h7-12,15,23H,5-6,13-14H2,1-4H3,(H,28,32). The molecule has 36 heavy (non-hydrogen) atoms. The molecule has 190 valence electrons. The van der Waals surface area contributed by atoms with Gasteiger partial charge < -0.3 is 24.1 Å². The minimum atomic E-state index is -0.582. The van der Waals surface area contributed by atoms with E-state index in [1.807, 2.05) is 19.9 Å². The van der Waals surface area contributed by atoms with Crippen molar-refractivity contribution in [2.75, 3.05) is 34.0 Å². The monoisotopic (exact) mass is 496 g/mol.